The predicted molar refractivity (Wildman–Crippen MR) is 156 cm³/mol. The van der Waals surface area contributed by atoms with Crippen molar-refractivity contribution < 1.29 is 17.9 Å². The van der Waals surface area contributed by atoms with Gasteiger partial charge in [0.2, 0.25) is 15.9 Å². The Morgan fingerprint density at radius 1 is 0.949 bits per heavy atom. The molecule has 200 valence electrons. The summed E-state index contributed by atoms with van der Waals surface area (Å²) in [5.74, 6) is 0.250. The van der Waals surface area contributed by atoms with Crippen LogP contribution in [0.4, 0.5) is 0 Å². The number of nitrogens with zero attached hydrogens (tertiary/aromatic N) is 1. The molecule has 1 amide bonds. The molecule has 0 aromatic heterocycles. The number of hydrogen-bond donors (Lipinski definition) is 2. The normalized spacial score (nSPS) is 12.3. The second-order valence-electron chi connectivity index (χ2n) is 8.86. The second kappa shape index (κ2) is 13.3. The third kappa shape index (κ3) is 8.35. The third-order valence-corrected chi connectivity index (χ3v) is 7.92. The van der Waals surface area contributed by atoms with Crippen molar-refractivity contribution >= 4 is 38.1 Å². The number of carbonyl (C=O) groups is 1. The summed E-state index contributed by atoms with van der Waals surface area (Å²) in [5, 5.41) is 4.05. The molecule has 4 aromatic carbocycles. The molecular formula is C30H28BrN3O4S. The molecule has 0 aliphatic rings. The van der Waals surface area contributed by atoms with E-state index in [0.717, 1.165) is 21.2 Å². The van der Waals surface area contributed by atoms with Gasteiger partial charge in [0.1, 0.15) is 12.4 Å². The van der Waals surface area contributed by atoms with Crippen LogP contribution in [0.2, 0.25) is 0 Å². The fraction of sp³-hybridized carbons (Fsp3) is 0.133. The fourth-order valence-corrected chi connectivity index (χ4v) is 5.48. The highest BCUT2D eigenvalue weighted by atomic mass is 79.9. The van der Waals surface area contributed by atoms with Gasteiger partial charge in [0, 0.05) is 6.42 Å². The van der Waals surface area contributed by atoms with Crippen molar-refractivity contribution in [2.75, 3.05) is 0 Å². The molecule has 0 bridgehead atoms. The van der Waals surface area contributed by atoms with E-state index in [1.54, 1.807) is 48.5 Å². The largest absolute Gasteiger partial charge is 0.488 e. The van der Waals surface area contributed by atoms with Gasteiger partial charge >= 0.3 is 0 Å². The lowest BCUT2D eigenvalue weighted by molar-refractivity contribution is -0.121. The van der Waals surface area contributed by atoms with Crippen molar-refractivity contribution in [3.8, 4) is 5.75 Å². The number of sulfonamides is 1. The first-order chi connectivity index (χ1) is 18.8. The lowest BCUT2D eigenvalue weighted by Crippen LogP contribution is -2.32. The van der Waals surface area contributed by atoms with Gasteiger partial charge in [-0.2, -0.15) is 5.10 Å². The molecule has 0 spiro atoms. The Labute approximate surface area is 237 Å². The van der Waals surface area contributed by atoms with Crippen molar-refractivity contribution in [3.63, 3.8) is 0 Å². The zero-order chi connectivity index (χ0) is 27.7. The van der Waals surface area contributed by atoms with Crippen molar-refractivity contribution in [1.29, 1.82) is 0 Å². The summed E-state index contributed by atoms with van der Waals surface area (Å²) in [6.45, 7) is 2.33. The number of aryl methyl sites for hydroxylation is 1. The molecule has 0 aliphatic carbocycles. The van der Waals surface area contributed by atoms with Gasteiger partial charge < -0.3 is 4.74 Å². The summed E-state index contributed by atoms with van der Waals surface area (Å²) in [4.78, 5) is 12.9. The van der Waals surface area contributed by atoms with Crippen LogP contribution in [0.3, 0.4) is 0 Å². The van der Waals surface area contributed by atoms with E-state index in [4.69, 9.17) is 4.74 Å². The number of benzene rings is 4. The van der Waals surface area contributed by atoms with Crippen molar-refractivity contribution in [1.82, 2.24) is 10.1 Å². The summed E-state index contributed by atoms with van der Waals surface area (Å²) in [7, 11) is -3.85. The summed E-state index contributed by atoms with van der Waals surface area (Å²) in [6.07, 6.45) is 1.38. The van der Waals surface area contributed by atoms with Crippen LogP contribution >= 0.6 is 15.9 Å². The van der Waals surface area contributed by atoms with Gasteiger partial charge in [-0.15, -0.1) is 0 Å². The zero-order valence-corrected chi connectivity index (χ0v) is 23.7. The lowest BCUT2D eigenvalue weighted by atomic mass is 10.0. The number of ether oxygens (including phenoxy) is 1. The molecule has 0 unspecified atom stereocenters. The van der Waals surface area contributed by atoms with E-state index < -0.39 is 22.0 Å². The van der Waals surface area contributed by atoms with Crippen molar-refractivity contribution in [2.45, 2.75) is 30.9 Å². The Balaban J connectivity index is 1.38. The van der Waals surface area contributed by atoms with E-state index in [0.29, 0.717) is 17.9 Å². The molecule has 4 rings (SSSR count). The standard InChI is InChI=1S/C30H28BrN3O4S/c1-22-12-15-26(16-13-22)39(36,37)34-28(25-10-6-3-7-11-25)19-30(35)33-32-20-24-14-17-29(27(31)18-24)38-21-23-8-4-2-5-9-23/h2-18,20,28,34H,19,21H2,1H3,(H,33,35)/b32-20-/t28-/m0/s1. The summed E-state index contributed by atoms with van der Waals surface area (Å²) >= 11 is 3.51. The van der Waals surface area contributed by atoms with Crippen LogP contribution in [0, 0.1) is 6.92 Å². The average molecular weight is 607 g/mol. The van der Waals surface area contributed by atoms with Crippen LogP contribution < -0.4 is 14.9 Å². The molecule has 0 radical (unpaired) electrons. The maximum Gasteiger partial charge on any atom is 0.242 e. The van der Waals surface area contributed by atoms with Crippen LogP contribution in [0.25, 0.3) is 0 Å². The Morgan fingerprint density at radius 3 is 2.28 bits per heavy atom. The molecule has 2 N–H and O–H groups in total. The van der Waals surface area contributed by atoms with E-state index in [9.17, 15) is 13.2 Å². The lowest BCUT2D eigenvalue weighted by Gasteiger charge is -2.18. The first-order valence-electron chi connectivity index (χ1n) is 12.2. The first kappa shape index (κ1) is 28.2. The zero-order valence-electron chi connectivity index (χ0n) is 21.3. The quantitative estimate of drug-likeness (QED) is 0.164. The number of hydrogen-bond acceptors (Lipinski definition) is 5. The van der Waals surface area contributed by atoms with Gasteiger partial charge in [0.25, 0.3) is 0 Å². The van der Waals surface area contributed by atoms with Crippen molar-refractivity contribution in [3.05, 3.63) is 130 Å². The summed E-state index contributed by atoms with van der Waals surface area (Å²) in [6, 6.07) is 30.1. The number of carbonyl (C=O) groups excluding carboxylic acids is 1. The van der Waals surface area contributed by atoms with Gasteiger partial charge in [-0.3, -0.25) is 4.79 Å². The molecular weight excluding hydrogens is 578 g/mol. The molecule has 0 saturated carbocycles. The van der Waals surface area contributed by atoms with Crippen molar-refractivity contribution in [2.24, 2.45) is 5.10 Å². The molecule has 0 saturated heterocycles. The molecule has 39 heavy (non-hydrogen) atoms. The number of nitrogens with one attached hydrogen (secondary N) is 2. The van der Waals surface area contributed by atoms with Crippen LogP contribution in [-0.2, 0) is 21.4 Å². The number of amides is 1. The van der Waals surface area contributed by atoms with Crippen LogP contribution in [0.5, 0.6) is 5.75 Å². The first-order valence-corrected chi connectivity index (χ1v) is 14.5. The van der Waals surface area contributed by atoms with Crippen LogP contribution in [-0.4, -0.2) is 20.5 Å². The predicted octanol–water partition coefficient (Wildman–Crippen LogP) is 5.90. The Hall–Kier alpha value is -3.79. The minimum absolute atomic E-state index is 0.134. The van der Waals surface area contributed by atoms with Crippen LogP contribution in [0.1, 0.15) is 34.7 Å². The van der Waals surface area contributed by atoms with Gasteiger partial charge in [0.05, 0.1) is 21.6 Å². The molecule has 1 atom stereocenters. The van der Waals surface area contributed by atoms with Gasteiger partial charge in [-0.1, -0.05) is 78.4 Å². The number of hydrazone groups is 1. The third-order valence-electron chi connectivity index (χ3n) is 5.82. The Kier molecular flexibility index (Phi) is 9.64. The minimum atomic E-state index is -3.85. The molecule has 9 heteroatoms. The maximum absolute atomic E-state index is 13.0. The second-order valence-corrected chi connectivity index (χ2v) is 11.4. The Bertz CT molecular complexity index is 1530. The van der Waals surface area contributed by atoms with E-state index in [-0.39, 0.29) is 11.3 Å². The fourth-order valence-electron chi connectivity index (χ4n) is 3.75. The highest BCUT2D eigenvalue weighted by Crippen LogP contribution is 2.26. The molecule has 4 aromatic rings. The van der Waals surface area contributed by atoms with Crippen LogP contribution in [0.15, 0.2) is 118 Å². The average Bonchev–Trinajstić information content (AvgIpc) is 2.93. The summed E-state index contributed by atoms with van der Waals surface area (Å²) < 4.78 is 35.3. The topological polar surface area (TPSA) is 96.9 Å². The minimum Gasteiger partial charge on any atom is -0.488 e. The molecule has 0 fully saturated rings. The van der Waals surface area contributed by atoms with E-state index in [2.05, 4.69) is 31.2 Å². The highest BCUT2D eigenvalue weighted by Gasteiger charge is 2.23. The smallest absolute Gasteiger partial charge is 0.242 e. The summed E-state index contributed by atoms with van der Waals surface area (Å²) in [5.41, 5.74) is 5.92. The number of rotatable bonds is 11. The Morgan fingerprint density at radius 2 is 1.62 bits per heavy atom. The number of halogens is 1. The maximum atomic E-state index is 13.0. The van der Waals surface area contributed by atoms with E-state index in [1.807, 2.05) is 61.5 Å². The highest BCUT2D eigenvalue weighted by molar-refractivity contribution is 9.10. The van der Waals surface area contributed by atoms with E-state index >= 15 is 0 Å². The van der Waals surface area contributed by atoms with Gasteiger partial charge in [0.15, 0.2) is 0 Å². The van der Waals surface area contributed by atoms with Gasteiger partial charge in [-0.05, 0) is 69.9 Å². The van der Waals surface area contributed by atoms with E-state index in [1.165, 1.54) is 6.21 Å². The molecule has 7 nitrogen and oxygen atoms in total. The monoisotopic (exact) mass is 605 g/mol. The SMILES string of the molecule is Cc1ccc(S(=O)(=O)N[C@@H](CC(=O)N/N=C\c2ccc(OCc3ccccc3)c(Br)c2)c2ccccc2)cc1. The van der Waals surface area contributed by atoms with Gasteiger partial charge in [-0.25, -0.2) is 18.6 Å². The molecule has 0 heterocycles. The molecule has 0 aliphatic heterocycles.